The normalized spacial score (nSPS) is 26.8. The maximum absolute atomic E-state index is 10.6. The summed E-state index contributed by atoms with van der Waals surface area (Å²) < 4.78 is 5.79. The van der Waals surface area contributed by atoms with Crippen molar-refractivity contribution in [2.24, 2.45) is 17.8 Å². The molecular weight excluding hydrogens is 390 g/mol. The summed E-state index contributed by atoms with van der Waals surface area (Å²) in [7, 11) is 0. The second-order valence-electron chi connectivity index (χ2n) is 9.10. The number of nitrogens with one attached hydrogen (secondary N) is 1. The number of ether oxygens (including phenoxy) is 1. The van der Waals surface area contributed by atoms with Crippen LogP contribution in [-0.4, -0.2) is 45.5 Å². The lowest BCUT2D eigenvalue weighted by atomic mass is 9.87. The Labute approximate surface area is 185 Å². The van der Waals surface area contributed by atoms with E-state index < -0.39 is 6.10 Å². The number of aromatic nitrogens is 2. The van der Waals surface area contributed by atoms with E-state index >= 15 is 0 Å². The Kier molecular flexibility index (Phi) is 7.89. The minimum atomic E-state index is -0.471. The summed E-state index contributed by atoms with van der Waals surface area (Å²) in [5, 5.41) is 24.2. The Hall–Kier alpha value is -2.02. The molecule has 4 atom stereocenters. The summed E-state index contributed by atoms with van der Waals surface area (Å²) in [6.45, 7) is 1.33. The van der Waals surface area contributed by atoms with Crippen molar-refractivity contribution in [3.05, 3.63) is 54.1 Å². The monoisotopic (exact) mass is 425 g/mol. The van der Waals surface area contributed by atoms with Crippen molar-refractivity contribution in [2.45, 2.75) is 63.7 Å². The molecule has 0 radical (unpaired) electrons. The number of rotatable bonds is 9. The zero-order valence-corrected chi connectivity index (χ0v) is 18.2. The summed E-state index contributed by atoms with van der Waals surface area (Å²) in [5.74, 6) is 2.21. The van der Waals surface area contributed by atoms with Crippen molar-refractivity contribution in [2.75, 3.05) is 13.2 Å². The molecule has 2 aliphatic rings. The first-order chi connectivity index (χ1) is 15.2. The molecule has 31 heavy (non-hydrogen) atoms. The van der Waals surface area contributed by atoms with Crippen molar-refractivity contribution >= 4 is 0 Å². The van der Waals surface area contributed by atoms with Crippen LogP contribution in [0.2, 0.25) is 0 Å². The molecule has 1 aromatic carbocycles. The Morgan fingerprint density at radius 1 is 1.03 bits per heavy atom. The second-order valence-corrected chi connectivity index (χ2v) is 9.10. The van der Waals surface area contributed by atoms with Crippen molar-refractivity contribution in [3.8, 4) is 5.75 Å². The predicted octanol–water partition coefficient (Wildman–Crippen LogP) is 3.13. The van der Waals surface area contributed by atoms with Gasteiger partial charge in [-0.15, -0.1) is 0 Å². The lowest BCUT2D eigenvalue weighted by Gasteiger charge is -2.28. The SMILES string of the molecule is OCC1C(O)CC(NCC2CCCCC2)C1Cc1ccnc(COc2ccccc2)n1. The van der Waals surface area contributed by atoms with Gasteiger partial charge < -0.3 is 20.3 Å². The van der Waals surface area contributed by atoms with E-state index in [1.54, 1.807) is 6.20 Å². The molecule has 0 bridgehead atoms. The highest BCUT2D eigenvalue weighted by Gasteiger charge is 2.42. The second kappa shape index (κ2) is 11.0. The van der Waals surface area contributed by atoms with E-state index in [2.05, 4.69) is 10.3 Å². The fourth-order valence-electron chi connectivity index (χ4n) is 5.22. The molecule has 0 saturated heterocycles. The topological polar surface area (TPSA) is 87.5 Å². The van der Waals surface area contributed by atoms with Crippen LogP contribution < -0.4 is 10.1 Å². The Morgan fingerprint density at radius 2 is 1.84 bits per heavy atom. The predicted molar refractivity (Wildman–Crippen MR) is 120 cm³/mol. The molecule has 3 N–H and O–H groups in total. The summed E-state index contributed by atoms with van der Waals surface area (Å²) in [6, 6.07) is 11.8. The molecule has 2 fully saturated rings. The van der Waals surface area contributed by atoms with E-state index in [4.69, 9.17) is 9.72 Å². The average Bonchev–Trinajstić information content (AvgIpc) is 3.11. The minimum absolute atomic E-state index is 0.00248. The summed E-state index contributed by atoms with van der Waals surface area (Å²) >= 11 is 0. The van der Waals surface area contributed by atoms with Gasteiger partial charge in [-0.1, -0.05) is 37.5 Å². The number of para-hydroxylation sites is 1. The standard InChI is InChI=1S/C25H35N3O3/c29-16-22-21(23(14-24(22)30)27-15-18-7-3-1-4-8-18)13-19-11-12-26-25(28-19)17-31-20-9-5-2-6-10-20/h2,5-6,9-12,18,21-24,27,29-30H,1,3-4,7-8,13-17H2. The molecule has 0 spiro atoms. The number of nitrogens with zero attached hydrogens (tertiary/aromatic N) is 2. The lowest BCUT2D eigenvalue weighted by Crippen LogP contribution is -2.39. The number of aliphatic hydroxyl groups is 2. The van der Waals surface area contributed by atoms with Crippen LogP contribution in [0.3, 0.4) is 0 Å². The van der Waals surface area contributed by atoms with Gasteiger partial charge in [0.1, 0.15) is 12.4 Å². The molecule has 0 amide bonds. The van der Waals surface area contributed by atoms with Gasteiger partial charge in [0.2, 0.25) is 0 Å². The highest BCUT2D eigenvalue weighted by molar-refractivity contribution is 5.21. The third-order valence-corrected chi connectivity index (χ3v) is 6.98. The lowest BCUT2D eigenvalue weighted by molar-refractivity contribution is 0.0715. The zero-order chi connectivity index (χ0) is 21.5. The van der Waals surface area contributed by atoms with Crippen molar-refractivity contribution in [3.63, 3.8) is 0 Å². The van der Waals surface area contributed by atoms with Crippen LogP contribution in [-0.2, 0) is 13.0 Å². The number of hydrogen-bond acceptors (Lipinski definition) is 6. The maximum Gasteiger partial charge on any atom is 0.166 e. The van der Waals surface area contributed by atoms with Crippen LogP contribution in [0.15, 0.2) is 42.6 Å². The quantitative estimate of drug-likeness (QED) is 0.572. The van der Waals surface area contributed by atoms with Crippen molar-refractivity contribution < 1.29 is 14.9 Å². The fraction of sp³-hybridized carbons (Fsp3) is 0.600. The number of aliphatic hydroxyl groups excluding tert-OH is 2. The first kappa shape index (κ1) is 22.2. The number of hydrogen-bond donors (Lipinski definition) is 3. The smallest absolute Gasteiger partial charge is 0.166 e. The molecule has 6 heteroatoms. The summed E-state index contributed by atoms with van der Waals surface area (Å²) in [5.41, 5.74) is 0.934. The first-order valence-corrected chi connectivity index (χ1v) is 11.7. The molecule has 4 unspecified atom stereocenters. The van der Waals surface area contributed by atoms with Gasteiger partial charge in [-0.2, -0.15) is 0 Å². The third-order valence-electron chi connectivity index (χ3n) is 6.98. The Bertz CT molecular complexity index is 798. The first-order valence-electron chi connectivity index (χ1n) is 11.7. The molecule has 6 nitrogen and oxygen atoms in total. The van der Waals surface area contributed by atoms with Crippen LogP contribution in [0.5, 0.6) is 5.75 Å². The van der Waals surface area contributed by atoms with E-state index in [1.807, 2.05) is 36.4 Å². The molecule has 168 valence electrons. The minimum Gasteiger partial charge on any atom is -0.486 e. The highest BCUT2D eigenvalue weighted by atomic mass is 16.5. The van der Waals surface area contributed by atoms with Gasteiger partial charge in [0.05, 0.1) is 6.10 Å². The van der Waals surface area contributed by atoms with E-state index in [0.717, 1.165) is 23.9 Å². The fourth-order valence-corrected chi connectivity index (χ4v) is 5.22. The molecule has 0 aliphatic heterocycles. The van der Waals surface area contributed by atoms with E-state index in [1.165, 1.54) is 32.1 Å². The van der Waals surface area contributed by atoms with Gasteiger partial charge in [-0.25, -0.2) is 9.97 Å². The maximum atomic E-state index is 10.6. The molecule has 2 aromatic rings. The third kappa shape index (κ3) is 6.03. The van der Waals surface area contributed by atoms with Crippen LogP contribution in [0.25, 0.3) is 0 Å². The molecule has 1 aromatic heterocycles. The molecular formula is C25H35N3O3. The molecule has 2 saturated carbocycles. The van der Waals surface area contributed by atoms with Crippen LogP contribution in [0, 0.1) is 17.8 Å². The number of benzene rings is 1. The zero-order valence-electron chi connectivity index (χ0n) is 18.2. The van der Waals surface area contributed by atoms with Gasteiger partial charge in [0.15, 0.2) is 5.82 Å². The molecule has 4 rings (SSSR count). The van der Waals surface area contributed by atoms with Crippen LogP contribution >= 0.6 is 0 Å². The van der Waals surface area contributed by atoms with Crippen LogP contribution in [0.4, 0.5) is 0 Å². The van der Waals surface area contributed by atoms with Crippen molar-refractivity contribution in [1.82, 2.24) is 15.3 Å². The molecule has 2 aliphatic carbocycles. The highest BCUT2D eigenvalue weighted by Crippen LogP contribution is 2.35. The van der Waals surface area contributed by atoms with E-state index in [0.29, 0.717) is 25.3 Å². The van der Waals surface area contributed by atoms with Crippen molar-refractivity contribution in [1.29, 1.82) is 0 Å². The average molecular weight is 426 g/mol. The Balaban J connectivity index is 1.38. The van der Waals surface area contributed by atoms with E-state index in [9.17, 15) is 10.2 Å². The molecule has 1 heterocycles. The van der Waals surface area contributed by atoms with E-state index in [-0.39, 0.29) is 24.5 Å². The summed E-state index contributed by atoms with van der Waals surface area (Å²) in [6.07, 6.45) is 9.33. The van der Waals surface area contributed by atoms with Gasteiger partial charge in [-0.3, -0.25) is 0 Å². The van der Waals surface area contributed by atoms with Gasteiger partial charge >= 0.3 is 0 Å². The van der Waals surface area contributed by atoms with Crippen LogP contribution in [0.1, 0.15) is 50.0 Å². The van der Waals surface area contributed by atoms with Gasteiger partial charge in [0, 0.05) is 30.5 Å². The Morgan fingerprint density at radius 3 is 2.61 bits per heavy atom. The summed E-state index contributed by atoms with van der Waals surface area (Å²) in [4.78, 5) is 9.05. The van der Waals surface area contributed by atoms with Gasteiger partial charge in [0.25, 0.3) is 0 Å². The largest absolute Gasteiger partial charge is 0.486 e. The van der Waals surface area contributed by atoms with Gasteiger partial charge in [-0.05, 0) is 62.3 Å².